The van der Waals surface area contributed by atoms with Gasteiger partial charge < -0.3 is 11.5 Å². The molecule has 0 aliphatic carbocycles. The number of amides is 1. The van der Waals surface area contributed by atoms with Gasteiger partial charge in [0.05, 0.1) is 5.54 Å². The number of rotatable bonds is 5. The van der Waals surface area contributed by atoms with Crippen LogP contribution < -0.4 is 11.5 Å². The van der Waals surface area contributed by atoms with Gasteiger partial charge in [0, 0.05) is 10.1 Å². The lowest BCUT2D eigenvalue weighted by atomic mass is 9.97. The molecule has 2 atom stereocenters. The predicted molar refractivity (Wildman–Crippen MR) is 68.1 cm³/mol. The van der Waals surface area contributed by atoms with Crippen molar-refractivity contribution in [2.24, 2.45) is 11.5 Å². The highest BCUT2D eigenvalue weighted by Crippen LogP contribution is 2.30. The summed E-state index contributed by atoms with van der Waals surface area (Å²) in [4.78, 5) is 11.3. The summed E-state index contributed by atoms with van der Waals surface area (Å²) in [6.45, 7) is 3.30. The highest BCUT2D eigenvalue weighted by atomic mass is 32.2. The van der Waals surface area contributed by atoms with E-state index in [1.165, 1.54) is 6.92 Å². The van der Waals surface area contributed by atoms with Crippen LogP contribution in [0.25, 0.3) is 0 Å². The molecule has 0 bridgehead atoms. The third-order valence-electron chi connectivity index (χ3n) is 2.50. The average molecular weight is 274 g/mol. The maximum absolute atomic E-state index is 13.4. The smallest absolute Gasteiger partial charge is 0.237 e. The van der Waals surface area contributed by atoms with Crippen molar-refractivity contribution in [2.75, 3.05) is 0 Å². The Bertz CT molecular complexity index is 452. The minimum Gasteiger partial charge on any atom is -0.368 e. The lowest BCUT2D eigenvalue weighted by Crippen LogP contribution is -2.50. The molecule has 2 unspecified atom stereocenters. The lowest BCUT2D eigenvalue weighted by molar-refractivity contribution is -0.122. The standard InChI is InChI=1S/C12H16F2N2OS/c1-7(6-12(2,16)11(15)17)18-10-5-8(13)3-4-9(10)14/h3-5,7H,6,16H2,1-2H3,(H2,15,17). The molecule has 0 radical (unpaired) electrons. The summed E-state index contributed by atoms with van der Waals surface area (Å²) in [7, 11) is 0. The van der Waals surface area contributed by atoms with Gasteiger partial charge in [-0.15, -0.1) is 11.8 Å². The SMILES string of the molecule is CC(CC(C)(N)C(N)=O)Sc1cc(F)ccc1F. The second-order valence-electron chi connectivity index (χ2n) is 4.49. The van der Waals surface area contributed by atoms with E-state index in [-0.39, 0.29) is 16.6 Å². The molecule has 0 heterocycles. The first kappa shape index (κ1) is 14.9. The predicted octanol–water partition coefficient (Wildman–Crippen LogP) is 2.04. The summed E-state index contributed by atoms with van der Waals surface area (Å²) in [5.41, 5.74) is 9.73. The van der Waals surface area contributed by atoms with Gasteiger partial charge in [-0.1, -0.05) is 6.92 Å². The van der Waals surface area contributed by atoms with Crippen molar-refractivity contribution >= 4 is 17.7 Å². The van der Waals surface area contributed by atoms with E-state index in [9.17, 15) is 13.6 Å². The fourth-order valence-corrected chi connectivity index (χ4v) is 2.75. The molecule has 0 saturated heterocycles. The number of primary amides is 1. The number of hydrogen-bond acceptors (Lipinski definition) is 3. The van der Waals surface area contributed by atoms with E-state index in [1.807, 2.05) is 0 Å². The highest BCUT2D eigenvalue weighted by Gasteiger charge is 2.28. The van der Waals surface area contributed by atoms with E-state index in [1.54, 1.807) is 6.92 Å². The highest BCUT2D eigenvalue weighted by molar-refractivity contribution is 8.00. The van der Waals surface area contributed by atoms with Crippen LogP contribution in [0.4, 0.5) is 8.78 Å². The Morgan fingerprint density at radius 3 is 2.67 bits per heavy atom. The Hall–Kier alpha value is -1.14. The van der Waals surface area contributed by atoms with Crippen LogP contribution in [0, 0.1) is 11.6 Å². The number of hydrogen-bond donors (Lipinski definition) is 2. The van der Waals surface area contributed by atoms with Crippen molar-refractivity contribution in [1.29, 1.82) is 0 Å². The van der Waals surface area contributed by atoms with Crippen LogP contribution in [0.1, 0.15) is 20.3 Å². The molecular weight excluding hydrogens is 258 g/mol. The van der Waals surface area contributed by atoms with E-state index in [0.717, 1.165) is 30.0 Å². The zero-order valence-corrected chi connectivity index (χ0v) is 11.1. The van der Waals surface area contributed by atoms with Gasteiger partial charge in [0.1, 0.15) is 11.6 Å². The fraction of sp³-hybridized carbons (Fsp3) is 0.417. The van der Waals surface area contributed by atoms with Crippen LogP contribution in [0.3, 0.4) is 0 Å². The number of nitrogens with two attached hydrogens (primary N) is 2. The van der Waals surface area contributed by atoms with Gasteiger partial charge in [-0.25, -0.2) is 8.78 Å². The van der Waals surface area contributed by atoms with Gasteiger partial charge in [0.15, 0.2) is 0 Å². The monoisotopic (exact) mass is 274 g/mol. The third-order valence-corrected chi connectivity index (χ3v) is 3.63. The van der Waals surface area contributed by atoms with E-state index in [4.69, 9.17) is 11.5 Å². The molecule has 0 aliphatic rings. The first-order valence-corrected chi connectivity index (χ1v) is 6.31. The third kappa shape index (κ3) is 3.96. The Morgan fingerprint density at radius 1 is 1.50 bits per heavy atom. The van der Waals surface area contributed by atoms with E-state index in [2.05, 4.69) is 0 Å². The molecule has 3 nitrogen and oxygen atoms in total. The fourth-order valence-electron chi connectivity index (χ4n) is 1.52. The number of benzene rings is 1. The Morgan fingerprint density at radius 2 is 2.11 bits per heavy atom. The molecule has 1 amide bonds. The quantitative estimate of drug-likeness (QED) is 0.807. The first-order valence-electron chi connectivity index (χ1n) is 5.43. The summed E-state index contributed by atoms with van der Waals surface area (Å²) >= 11 is 1.13. The maximum Gasteiger partial charge on any atom is 0.237 e. The second kappa shape index (κ2) is 5.67. The van der Waals surface area contributed by atoms with Crippen molar-refractivity contribution in [1.82, 2.24) is 0 Å². The van der Waals surface area contributed by atoms with Crippen molar-refractivity contribution in [3.63, 3.8) is 0 Å². The molecule has 0 aromatic heterocycles. The van der Waals surface area contributed by atoms with Gasteiger partial charge in [-0.2, -0.15) is 0 Å². The van der Waals surface area contributed by atoms with Crippen LogP contribution in [0.15, 0.2) is 23.1 Å². The zero-order valence-electron chi connectivity index (χ0n) is 10.2. The van der Waals surface area contributed by atoms with Gasteiger partial charge in [-0.05, 0) is 31.5 Å². The molecule has 0 saturated carbocycles. The van der Waals surface area contributed by atoms with Crippen LogP contribution >= 0.6 is 11.8 Å². The Balaban J connectivity index is 2.73. The summed E-state index contributed by atoms with van der Waals surface area (Å²) in [5, 5.41) is -0.163. The molecule has 1 aromatic carbocycles. The Labute approximate surface area is 109 Å². The van der Waals surface area contributed by atoms with Crippen molar-refractivity contribution in [2.45, 2.75) is 36.0 Å². The minimum absolute atomic E-state index is 0.163. The molecule has 0 spiro atoms. The van der Waals surface area contributed by atoms with Crippen LogP contribution in [-0.4, -0.2) is 16.7 Å². The number of halogens is 2. The van der Waals surface area contributed by atoms with E-state index >= 15 is 0 Å². The number of carbonyl (C=O) groups is 1. The molecule has 1 rings (SSSR count). The van der Waals surface area contributed by atoms with Gasteiger partial charge in [-0.3, -0.25) is 4.79 Å². The number of carbonyl (C=O) groups excluding carboxylic acids is 1. The van der Waals surface area contributed by atoms with Crippen molar-refractivity contribution in [3.05, 3.63) is 29.8 Å². The van der Waals surface area contributed by atoms with Crippen molar-refractivity contribution < 1.29 is 13.6 Å². The Kier molecular flexibility index (Phi) is 4.70. The maximum atomic E-state index is 13.4. The average Bonchev–Trinajstić information content (AvgIpc) is 2.22. The van der Waals surface area contributed by atoms with E-state index in [0.29, 0.717) is 0 Å². The van der Waals surface area contributed by atoms with E-state index < -0.39 is 23.1 Å². The van der Waals surface area contributed by atoms with Crippen molar-refractivity contribution in [3.8, 4) is 0 Å². The summed E-state index contributed by atoms with van der Waals surface area (Å²) in [5.74, 6) is -1.61. The van der Waals surface area contributed by atoms with Crippen LogP contribution in [-0.2, 0) is 4.79 Å². The summed E-state index contributed by atoms with van der Waals surface area (Å²) in [6, 6.07) is 3.25. The molecule has 100 valence electrons. The minimum atomic E-state index is -1.16. The summed E-state index contributed by atoms with van der Waals surface area (Å²) in [6.07, 6.45) is 0.281. The second-order valence-corrected chi connectivity index (χ2v) is 5.97. The molecule has 0 aliphatic heterocycles. The largest absolute Gasteiger partial charge is 0.368 e. The summed E-state index contributed by atoms with van der Waals surface area (Å²) < 4.78 is 26.4. The van der Waals surface area contributed by atoms with Gasteiger partial charge in [0.2, 0.25) is 5.91 Å². The van der Waals surface area contributed by atoms with Gasteiger partial charge >= 0.3 is 0 Å². The zero-order chi connectivity index (χ0) is 13.9. The van der Waals surface area contributed by atoms with Crippen LogP contribution in [0.2, 0.25) is 0 Å². The molecule has 6 heteroatoms. The molecule has 0 fully saturated rings. The first-order chi connectivity index (χ1) is 8.22. The molecular formula is C12H16F2N2OS. The molecule has 18 heavy (non-hydrogen) atoms. The normalized spacial score (nSPS) is 16.1. The van der Waals surface area contributed by atoms with Crippen LogP contribution in [0.5, 0.6) is 0 Å². The lowest BCUT2D eigenvalue weighted by Gasteiger charge is -2.24. The topological polar surface area (TPSA) is 69.1 Å². The molecule has 4 N–H and O–H groups in total. The molecule has 1 aromatic rings. The van der Waals surface area contributed by atoms with Gasteiger partial charge in [0.25, 0.3) is 0 Å². The number of thioether (sulfide) groups is 1.